The lowest BCUT2D eigenvalue weighted by Gasteiger charge is -2.09. The Morgan fingerprint density at radius 3 is 2.80 bits per heavy atom. The number of benzene rings is 1. The van der Waals surface area contributed by atoms with Crippen LogP contribution in [-0.2, 0) is 16.6 Å². The van der Waals surface area contributed by atoms with Crippen molar-refractivity contribution in [2.45, 2.75) is 18.4 Å². The van der Waals surface area contributed by atoms with Crippen LogP contribution in [0.4, 0.5) is 11.5 Å². The summed E-state index contributed by atoms with van der Waals surface area (Å²) in [5.74, 6) is -0.0505. The maximum atomic E-state index is 12.3. The second-order valence-electron chi connectivity index (χ2n) is 3.96. The van der Waals surface area contributed by atoms with Gasteiger partial charge in [0.15, 0.2) is 5.82 Å². The molecular weight excluding hydrogens is 368 g/mol. The van der Waals surface area contributed by atoms with Gasteiger partial charge in [0, 0.05) is 17.2 Å². The molecule has 0 aliphatic carbocycles. The van der Waals surface area contributed by atoms with Crippen molar-refractivity contribution in [2.75, 3.05) is 10.5 Å². The average molecular weight is 380 g/mol. The Morgan fingerprint density at radius 2 is 2.20 bits per heavy atom. The number of anilines is 2. The number of aromatic nitrogens is 2. The molecule has 2 rings (SSSR count). The minimum absolute atomic E-state index is 0.0505. The van der Waals surface area contributed by atoms with Crippen molar-refractivity contribution in [3.8, 4) is 0 Å². The Labute approximate surface area is 130 Å². The lowest BCUT2D eigenvalue weighted by Crippen LogP contribution is -2.14. The van der Waals surface area contributed by atoms with Crippen molar-refractivity contribution in [1.82, 2.24) is 9.78 Å². The molecule has 6 nitrogen and oxygen atoms in total. The van der Waals surface area contributed by atoms with Gasteiger partial charge in [0.05, 0.1) is 10.7 Å². The molecule has 0 radical (unpaired) electrons. The van der Waals surface area contributed by atoms with E-state index in [0.717, 1.165) is 0 Å². The molecule has 0 amide bonds. The van der Waals surface area contributed by atoms with Crippen molar-refractivity contribution in [3.63, 3.8) is 0 Å². The molecule has 0 unspecified atom stereocenters. The largest absolute Gasteiger partial charge is 0.381 e. The summed E-state index contributed by atoms with van der Waals surface area (Å²) in [4.78, 5) is -0.0737. The fraction of sp³-hybridized carbons (Fsp3) is 0.182. The van der Waals surface area contributed by atoms with Gasteiger partial charge in [0.1, 0.15) is 4.90 Å². The standard InChI is InChI=1S/C11H12BrClN4O2S/c1-2-17-6-10(11(14)15-17)20(18,19)16-9-5-7(12)3-4-8(9)13/h3-6,16H,2H2,1H3,(H2,14,15). The van der Waals surface area contributed by atoms with Crippen LogP contribution in [0.15, 0.2) is 33.8 Å². The van der Waals surface area contributed by atoms with Crippen molar-refractivity contribution in [1.29, 1.82) is 0 Å². The first-order valence-corrected chi connectivity index (χ1v) is 8.29. The van der Waals surface area contributed by atoms with Crippen molar-refractivity contribution < 1.29 is 8.42 Å². The normalized spacial score (nSPS) is 11.6. The fourth-order valence-electron chi connectivity index (χ4n) is 1.56. The zero-order chi connectivity index (χ0) is 14.9. The van der Waals surface area contributed by atoms with Crippen LogP contribution in [0.5, 0.6) is 0 Å². The molecule has 2 aromatic rings. The summed E-state index contributed by atoms with van der Waals surface area (Å²) in [5.41, 5.74) is 5.90. The summed E-state index contributed by atoms with van der Waals surface area (Å²) >= 11 is 9.22. The Kier molecular flexibility index (Phi) is 4.26. The van der Waals surface area contributed by atoms with Crippen LogP contribution >= 0.6 is 27.5 Å². The number of sulfonamides is 1. The molecule has 0 aliphatic rings. The van der Waals surface area contributed by atoms with Gasteiger partial charge in [-0.15, -0.1) is 0 Å². The van der Waals surface area contributed by atoms with E-state index in [1.54, 1.807) is 18.2 Å². The summed E-state index contributed by atoms with van der Waals surface area (Å²) in [6.45, 7) is 2.36. The molecule has 1 aromatic heterocycles. The van der Waals surface area contributed by atoms with Gasteiger partial charge in [-0.05, 0) is 25.1 Å². The third-order valence-corrected chi connectivity index (χ3v) is 4.75. The van der Waals surface area contributed by atoms with Crippen LogP contribution in [0.2, 0.25) is 5.02 Å². The van der Waals surface area contributed by atoms with Crippen LogP contribution in [0, 0.1) is 0 Å². The topological polar surface area (TPSA) is 90.0 Å². The highest BCUT2D eigenvalue weighted by Gasteiger charge is 2.22. The quantitative estimate of drug-likeness (QED) is 0.854. The zero-order valence-electron chi connectivity index (χ0n) is 10.5. The summed E-state index contributed by atoms with van der Waals surface area (Å²) in [7, 11) is -3.84. The molecule has 3 N–H and O–H groups in total. The van der Waals surface area contributed by atoms with E-state index in [-0.39, 0.29) is 16.4 Å². The molecule has 108 valence electrons. The molecule has 9 heteroatoms. The maximum Gasteiger partial charge on any atom is 0.267 e. The minimum Gasteiger partial charge on any atom is -0.381 e. The van der Waals surface area contributed by atoms with Crippen LogP contribution in [-0.4, -0.2) is 18.2 Å². The number of nitrogens with one attached hydrogen (secondary N) is 1. The first-order valence-electron chi connectivity index (χ1n) is 5.64. The Morgan fingerprint density at radius 1 is 1.50 bits per heavy atom. The highest BCUT2D eigenvalue weighted by Crippen LogP contribution is 2.28. The molecule has 0 spiro atoms. The van der Waals surface area contributed by atoms with E-state index >= 15 is 0 Å². The minimum atomic E-state index is -3.84. The summed E-state index contributed by atoms with van der Waals surface area (Å²) < 4.78 is 29.1. The first kappa shape index (κ1) is 15.1. The molecule has 0 bridgehead atoms. The van der Waals surface area contributed by atoms with E-state index in [1.165, 1.54) is 10.9 Å². The van der Waals surface area contributed by atoms with Crippen LogP contribution < -0.4 is 10.5 Å². The first-order chi connectivity index (χ1) is 9.33. The molecule has 0 atom stereocenters. The number of nitrogens with two attached hydrogens (primary N) is 1. The van der Waals surface area contributed by atoms with E-state index in [1.807, 2.05) is 6.92 Å². The van der Waals surface area contributed by atoms with Gasteiger partial charge < -0.3 is 5.73 Å². The number of aryl methyl sites for hydroxylation is 1. The zero-order valence-corrected chi connectivity index (χ0v) is 13.6. The lowest BCUT2D eigenvalue weighted by molar-refractivity contribution is 0.600. The van der Waals surface area contributed by atoms with Gasteiger partial charge in [-0.25, -0.2) is 8.42 Å². The van der Waals surface area contributed by atoms with E-state index in [2.05, 4.69) is 25.8 Å². The van der Waals surface area contributed by atoms with Crippen LogP contribution in [0.3, 0.4) is 0 Å². The average Bonchev–Trinajstić information content (AvgIpc) is 2.76. The second kappa shape index (κ2) is 5.63. The Hall–Kier alpha value is -1.25. The third-order valence-electron chi connectivity index (χ3n) is 2.54. The van der Waals surface area contributed by atoms with Gasteiger partial charge in [-0.1, -0.05) is 27.5 Å². The van der Waals surface area contributed by atoms with Gasteiger partial charge in [0.25, 0.3) is 10.0 Å². The molecule has 0 aliphatic heterocycles. The van der Waals surface area contributed by atoms with Gasteiger partial charge in [-0.2, -0.15) is 5.10 Å². The summed E-state index contributed by atoms with van der Waals surface area (Å²) in [5, 5.41) is 4.20. The van der Waals surface area contributed by atoms with Crippen molar-refractivity contribution in [2.24, 2.45) is 0 Å². The fourth-order valence-corrected chi connectivity index (χ4v) is 3.29. The summed E-state index contributed by atoms with van der Waals surface area (Å²) in [6.07, 6.45) is 1.38. The van der Waals surface area contributed by atoms with E-state index < -0.39 is 10.0 Å². The number of hydrogen-bond acceptors (Lipinski definition) is 4. The molecular formula is C11H12BrClN4O2S. The molecule has 1 heterocycles. The lowest BCUT2D eigenvalue weighted by atomic mass is 10.3. The predicted molar refractivity (Wildman–Crippen MR) is 82.3 cm³/mol. The predicted octanol–water partition coefficient (Wildman–Crippen LogP) is 2.70. The van der Waals surface area contributed by atoms with Crippen molar-refractivity contribution in [3.05, 3.63) is 33.9 Å². The van der Waals surface area contributed by atoms with Crippen LogP contribution in [0.1, 0.15) is 6.92 Å². The van der Waals surface area contributed by atoms with E-state index in [0.29, 0.717) is 16.0 Å². The second-order valence-corrected chi connectivity index (χ2v) is 6.94. The molecule has 20 heavy (non-hydrogen) atoms. The number of hydrogen-bond donors (Lipinski definition) is 2. The third kappa shape index (κ3) is 3.08. The van der Waals surface area contributed by atoms with Crippen molar-refractivity contribution >= 4 is 49.1 Å². The monoisotopic (exact) mass is 378 g/mol. The Balaban J connectivity index is 2.40. The molecule has 0 fully saturated rings. The van der Waals surface area contributed by atoms with Crippen LogP contribution in [0.25, 0.3) is 0 Å². The molecule has 0 saturated carbocycles. The Bertz CT molecular complexity index is 745. The highest BCUT2D eigenvalue weighted by atomic mass is 79.9. The number of rotatable bonds is 4. The van der Waals surface area contributed by atoms with Gasteiger partial charge in [0.2, 0.25) is 0 Å². The number of nitrogens with zero attached hydrogens (tertiary/aromatic N) is 2. The SMILES string of the molecule is CCn1cc(S(=O)(=O)Nc2cc(Br)ccc2Cl)c(N)n1. The van der Waals surface area contributed by atoms with E-state index in [9.17, 15) is 8.42 Å². The summed E-state index contributed by atoms with van der Waals surface area (Å²) in [6, 6.07) is 4.87. The maximum absolute atomic E-state index is 12.3. The molecule has 0 saturated heterocycles. The van der Waals surface area contributed by atoms with Gasteiger partial charge in [-0.3, -0.25) is 9.40 Å². The number of halogens is 2. The number of nitrogen functional groups attached to an aromatic ring is 1. The smallest absolute Gasteiger partial charge is 0.267 e. The van der Waals surface area contributed by atoms with Gasteiger partial charge >= 0.3 is 0 Å². The van der Waals surface area contributed by atoms with E-state index in [4.69, 9.17) is 17.3 Å². The highest BCUT2D eigenvalue weighted by molar-refractivity contribution is 9.10. The molecule has 1 aromatic carbocycles.